The van der Waals surface area contributed by atoms with Crippen LogP contribution in [0, 0.1) is 0 Å². The number of nitrogens with one attached hydrogen (secondary N) is 1. The molecule has 0 saturated heterocycles. The van der Waals surface area contributed by atoms with Crippen LogP contribution < -0.4 is 10.1 Å². The van der Waals surface area contributed by atoms with E-state index in [4.69, 9.17) is 4.74 Å². The Morgan fingerprint density at radius 1 is 1.33 bits per heavy atom. The number of benzene rings is 1. The zero-order valence-electron chi connectivity index (χ0n) is 13.9. The van der Waals surface area contributed by atoms with Crippen LogP contribution in [0.15, 0.2) is 29.6 Å². The van der Waals surface area contributed by atoms with E-state index in [2.05, 4.69) is 17.4 Å². The average molecular weight is 343 g/mol. The number of fused-ring (bicyclic) bond motifs is 1. The van der Waals surface area contributed by atoms with Gasteiger partial charge in [0.1, 0.15) is 5.75 Å². The fourth-order valence-electron chi connectivity index (χ4n) is 3.15. The summed E-state index contributed by atoms with van der Waals surface area (Å²) in [4.78, 5) is 24.4. The van der Waals surface area contributed by atoms with Crippen LogP contribution in [-0.2, 0) is 17.6 Å². The normalized spacial score (nSPS) is 16.3. The molecular formula is C19H21NO3S. The lowest BCUT2D eigenvalue weighted by atomic mass is 9.87. The number of aryl methyl sites for hydroxylation is 1. The number of carbonyl (C=O) groups is 2. The van der Waals surface area contributed by atoms with Gasteiger partial charge in [-0.3, -0.25) is 9.59 Å². The molecule has 1 amide bonds. The maximum absolute atomic E-state index is 12.4. The van der Waals surface area contributed by atoms with Crippen LogP contribution in [0.3, 0.4) is 0 Å². The van der Waals surface area contributed by atoms with E-state index in [1.54, 1.807) is 14.0 Å². The van der Waals surface area contributed by atoms with Crippen molar-refractivity contribution in [1.29, 1.82) is 0 Å². The van der Waals surface area contributed by atoms with Crippen molar-refractivity contribution in [2.45, 2.75) is 38.6 Å². The first-order valence-corrected chi connectivity index (χ1v) is 8.99. The maximum Gasteiger partial charge on any atom is 0.224 e. The summed E-state index contributed by atoms with van der Waals surface area (Å²) in [7, 11) is 1.67. The fraction of sp³-hybridized carbons (Fsp3) is 0.368. The molecule has 1 heterocycles. The van der Waals surface area contributed by atoms with Gasteiger partial charge in [-0.05, 0) is 66.5 Å². The summed E-state index contributed by atoms with van der Waals surface area (Å²) in [5.41, 5.74) is 3.33. The van der Waals surface area contributed by atoms with Crippen molar-refractivity contribution in [2.75, 3.05) is 7.11 Å². The van der Waals surface area contributed by atoms with Crippen molar-refractivity contribution in [2.24, 2.45) is 0 Å². The fourth-order valence-corrected chi connectivity index (χ4v) is 3.97. The van der Waals surface area contributed by atoms with E-state index in [0.717, 1.165) is 30.6 Å². The molecule has 126 valence electrons. The Morgan fingerprint density at radius 3 is 2.88 bits per heavy atom. The number of rotatable bonds is 5. The molecule has 1 aliphatic rings. The molecule has 1 aromatic heterocycles. The quantitative estimate of drug-likeness (QED) is 0.842. The lowest BCUT2D eigenvalue weighted by Crippen LogP contribution is -2.32. The smallest absolute Gasteiger partial charge is 0.224 e. The largest absolute Gasteiger partial charge is 0.497 e. The van der Waals surface area contributed by atoms with Gasteiger partial charge in [-0.15, -0.1) is 11.3 Å². The SMILES string of the molecule is COc1ccc2c(c1)CCC[C@@H]2NC(=O)Cc1csc(C(C)=O)c1. The Bertz CT molecular complexity index is 766. The lowest BCUT2D eigenvalue weighted by molar-refractivity contribution is -0.121. The van der Waals surface area contributed by atoms with Crippen LogP contribution in [-0.4, -0.2) is 18.8 Å². The zero-order valence-corrected chi connectivity index (χ0v) is 14.7. The highest BCUT2D eigenvalue weighted by Crippen LogP contribution is 2.32. The van der Waals surface area contributed by atoms with E-state index < -0.39 is 0 Å². The highest BCUT2D eigenvalue weighted by Gasteiger charge is 2.22. The molecule has 4 nitrogen and oxygen atoms in total. The summed E-state index contributed by atoms with van der Waals surface area (Å²) in [5.74, 6) is 0.897. The van der Waals surface area contributed by atoms with Crippen LogP contribution in [0.5, 0.6) is 5.75 Å². The summed E-state index contributed by atoms with van der Waals surface area (Å²) in [5, 5.41) is 5.02. The summed E-state index contributed by atoms with van der Waals surface area (Å²) in [6.45, 7) is 1.54. The van der Waals surface area contributed by atoms with Crippen LogP contribution in [0.2, 0.25) is 0 Å². The van der Waals surface area contributed by atoms with E-state index in [1.807, 2.05) is 17.5 Å². The van der Waals surface area contributed by atoms with Crippen molar-refractivity contribution in [3.63, 3.8) is 0 Å². The lowest BCUT2D eigenvalue weighted by Gasteiger charge is -2.26. The second-order valence-corrected chi connectivity index (χ2v) is 7.04. The van der Waals surface area contributed by atoms with E-state index >= 15 is 0 Å². The molecule has 0 aliphatic heterocycles. The Labute approximate surface area is 145 Å². The number of hydrogen-bond acceptors (Lipinski definition) is 4. The van der Waals surface area contributed by atoms with Crippen molar-refractivity contribution in [3.05, 3.63) is 51.2 Å². The van der Waals surface area contributed by atoms with Gasteiger partial charge in [-0.1, -0.05) is 6.07 Å². The van der Waals surface area contributed by atoms with Crippen LogP contribution >= 0.6 is 11.3 Å². The molecule has 0 fully saturated rings. The third-order valence-electron chi connectivity index (χ3n) is 4.37. The molecule has 5 heteroatoms. The summed E-state index contributed by atoms with van der Waals surface area (Å²) in [6.07, 6.45) is 3.34. The molecule has 1 aromatic carbocycles. The molecule has 3 rings (SSSR count). The minimum absolute atomic E-state index is 0.00318. The average Bonchev–Trinajstić information content (AvgIpc) is 3.03. The van der Waals surface area contributed by atoms with Gasteiger partial charge in [0, 0.05) is 0 Å². The first kappa shape index (κ1) is 16.7. The Kier molecular flexibility index (Phi) is 5.00. The van der Waals surface area contributed by atoms with Gasteiger partial charge in [0.2, 0.25) is 5.91 Å². The number of Topliss-reactive ketones (excluding diaryl/α,β-unsaturated/α-hetero) is 1. The minimum Gasteiger partial charge on any atom is -0.497 e. The summed E-state index contributed by atoms with van der Waals surface area (Å²) < 4.78 is 5.28. The first-order chi connectivity index (χ1) is 11.6. The van der Waals surface area contributed by atoms with Crippen LogP contribution in [0.1, 0.15) is 52.2 Å². The summed E-state index contributed by atoms with van der Waals surface area (Å²) in [6, 6.07) is 7.92. The number of hydrogen-bond donors (Lipinski definition) is 1. The third kappa shape index (κ3) is 3.67. The molecule has 0 unspecified atom stereocenters. The van der Waals surface area contributed by atoms with Crippen molar-refractivity contribution < 1.29 is 14.3 Å². The molecule has 1 atom stereocenters. The highest BCUT2D eigenvalue weighted by atomic mass is 32.1. The Hall–Kier alpha value is -2.14. The monoisotopic (exact) mass is 343 g/mol. The van der Waals surface area contributed by atoms with Gasteiger partial charge in [-0.2, -0.15) is 0 Å². The second kappa shape index (κ2) is 7.18. The van der Waals surface area contributed by atoms with Gasteiger partial charge < -0.3 is 10.1 Å². The van der Waals surface area contributed by atoms with Gasteiger partial charge >= 0.3 is 0 Å². The number of ketones is 1. The van der Waals surface area contributed by atoms with Gasteiger partial charge in [0.25, 0.3) is 0 Å². The molecule has 0 bridgehead atoms. The van der Waals surface area contributed by atoms with E-state index in [0.29, 0.717) is 11.3 Å². The van der Waals surface area contributed by atoms with Crippen LogP contribution in [0.4, 0.5) is 0 Å². The maximum atomic E-state index is 12.4. The Balaban J connectivity index is 1.68. The molecule has 0 spiro atoms. The van der Waals surface area contributed by atoms with Crippen molar-refractivity contribution in [3.8, 4) is 5.75 Å². The number of carbonyl (C=O) groups excluding carboxylic acids is 2. The van der Waals surface area contributed by atoms with Crippen molar-refractivity contribution in [1.82, 2.24) is 5.32 Å². The van der Waals surface area contributed by atoms with Crippen LogP contribution in [0.25, 0.3) is 0 Å². The standard InChI is InChI=1S/C19H21NO3S/c1-12(21)18-8-13(11-24-18)9-19(22)20-17-5-3-4-14-10-15(23-2)6-7-16(14)17/h6-8,10-11,17H,3-5,9H2,1-2H3,(H,20,22)/t17-/m0/s1. The summed E-state index contributed by atoms with van der Waals surface area (Å²) >= 11 is 1.39. The van der Waals surface area contributed by atoms with Gasteiger partial charge in [0.15, 0.2) is 5.78 Å². The number of amides is 1. The van der Waals surface area contributed by atoms with Gasteiger partial charge in [0.05, 0.1) is 24.4 Å². The third-order valence-corrected chi connectivity index (χ3v) is 5.44. The van der Waals surface area contributed by atoms with Crippen molar-refractivity contribution >= 4 is 23.0 Å². The Morgan fingerprint density at radius 2 is 2.17 bits per heavy atom. The molecular weight excluding hydrogens is 322 g/mol. The number of ether oxygens (including phenoxy) is 1. The second-order valence-electron chi connectivity index (χ2n) is 6.13. The van der Waals surface area contributed by atoms with Gasteiger partial charge in [-0.25, -0.2) is 0 Å². The molecule has 1 N–H and O–H groups in total. The molecule has 2 aromatic rings. The van der Waals surface area contributed by atoms with E-state index in [1.165, 1.54) is 22.5 Å². The predicted octanol–water partition coefficient (Wildman–Crippen LogP) is 3.70. The zero-order chi connectivity index (χ0) is 17.1. The topological polar surface area (TPSA) is 55.4 Å². The molecule has 24 heavy (non-hydrogen) atoms. The number of thiophene rings is 1. The minimum atomic E-state index is -0.00318. The molecule has 0 radical (unpaired) electrons. The van der Waals surface area contributed by atoms with E-state index in [-0.39, 0.29) is 17.7 Å². The molecule has 1 aliphatic carbocycles. The predicted molar refractivity (Wildman–Crippen MR) is 94.8 cm³/mol. The highest BCUT2D eigenvalue weighted by molar-refractivity contribution is 7.12. The molecule has 0 saturated carbocycles. The first-order valence-electron chi connectivity index (χ1n) is 8.11. The number of methoxy groups -OCH3 is 1. The van der Waals surface area contributed by atoms with E-state index in [9.17, 15) is 9.59 Å².